The third kappa shape index (κ3) is 10.9. The predicted octanol–water partition coefficient (Wildman–Crippen LogP) is 1.95. The van der Waals surface area contributed by atoms with Crippen molar-refractivity contribution < 1.29 is 28.8 Å². The van der Waals surface area contributed by atoms with E-state index >= 15 is 0 Å². The number of rotatable bonds is 19. The van der Waals surface area contributed by atoms with Gasteiger partial charge in [0.1, 0.15) is 18.1 Å². The fourth-order valence-corrected chi connectivity index (χ4v) is 7.42. The van der Waals surface area contributed by atoms with Gasteiger partial charge in [0, 0.05) is 31.8 Å². The number of pyridine rings is 1. The third-order valence-corrected chi connectivity index (χ3v) is 10.4. The molecule has 1 aliphatic heterocycles. The second kappa shape index (κ2) is 19.4. The molecule has 4 rings (SSSR count). The lowest BCUT2D eigenvalue weighted by Gasteiger charge is -2.34. The van der Waals surface area contributed by atoms with Crippen LogP contribution >= 0.6 is 0 Å². The number of Topliss-reactive ketones (excluding diaryl/α,β-unsaturated/α-hetero) is 1. The molecule has 2 fully saturated rings. The predicted molar refractivity (Wildman–Crippen MR) is 194 cm³/mol. The lowest BCUT2D eigenvalue weighted by Crippen LogP contribution is -2.60. The molecule has 290 valence electrons. The number of hydrogen-bond donors (Lipinski definition) is 5. The van der Waals surface area contributed by atoms with Crippen molar-refractivity contribution >= 4 is 35.3 Å². The maximum absolute atomic E-state index is 14.4. The maximum Gasteiger partial charge on any atom is 0.290 e. The lowest BCUT2D eigenvalue weighted by atomic mass is 9.92. The molecule has 3 heterocycles. The van der Waals surface area contributed by atoms with Crippen LogP contribution in [0.25, 0.3) is 0 Å². The van der Waals surface area contributed by atoms with Gasteiger partial charge in [-0.15, -0.1) is 10.2 Å². The molecule has 16 nitrogen and oxygen atoms in total. The maximum atomic E-state index is 14.4. The van der Waals surface area contributed by atoms with Crippen LogP contribution in [0.5, 0.6) is 0 Å². The first-order valence-corrected chi connectivity index (χ1v) is 19.0. The molecule has 53 heavy (non-hydrogen) atoms. The Hall–Kier alpha value is -4.76. The molecule has 0 aromatic carbocycles. The molecule has 0 radical (unpaired) electrons. The molecule has 1 aliphatic carbocycles. The first-order chi connectivity index (χ1) is 25.3. The number of nitrogens with zero attached hydrogens (tertiary/aromatic N) is 5. The number of likely N-dealkylation sites (tertiary alicyclic amines) is 1. The van der Waals surface area contributed by atoms with E-state index in [1.54, 1.807) is 36.4 Å². The third-order valence-electron chi connectivity index (χ3n) is 10.4. The highest BCUT2D eigenvalue weighted by Crippen LogP contribution is 2.42. The standard InChI is InChI=1S/C37H56N10O6/c1-7-11-27(33(49)36(52)39-23(6)24-16-18-38-19-17-24)40-35(51)32-26-13-10-12-25(26)20-47(32)37(53)31(22(4)5)42-34(50)30(21(2)3)41-29(48)15-9-8-14-28-43-45-46-44-28/h16-19,21-23,25-27,30-32H,7-15,20H2,1-6H3,(H,39,52)(H,40,51)(H,41,48)(H,42,50)(H,43,44,45,46)/t23-,25?,26?,27?,30-,31-,32-/m0/s1. The number of H-pyrrole nitrogens is 1. The number of amides is 5. The number of unbranched alkanes of at least 4 members (excludes halogenated alkanes) is 1. The van der Waals surface area contributed by atoms with E-state index in [9.17, 15) is 28.8 Å². The minimum atomic E-state index is -1.07. The van der Waals surface area contributed by atoms with Crippen LogP contribution < -0.4 is 21.3 Å². The van der Waals surface area contributed by atoms with Crippen LogP contribution in [0, 0.1) is 23.7 Å². The van der Waals surface area contributed by atoms with E-state index in [4.69, 9.17) is 0 Å². The summed E-state index contributed by atoms with van der Waals surface area (Å²) in [5, 5.41) is 25.1. The van der Waals surface area contributed by atoms with Gasteiger partial charge in [0.25, 0.3) is 5.91 Å². The zero-order valence-corrected chi connectivity index (χ0v) is 31.8. The van der Waals surface area contributed by atoms with Crippen molar-refractivity contribution in [2.24, 2.45) is 23.7 Å². The van der Waals surface area contributed by atoms with E-state index in [1.807, 2.05) is 34.6 Å². The molecule has 7 atom stereocenters. The first-order valence-electron chi connectivity index (χ1n) is 19.0. The average molecular weight is 737 g/mol. The minimum absolute atomic E-state index is 0.103. The molecule has 1 saturated heterocycles. The second-order valence-corrected chi connectivity index (χ2v) is 15.0. The highest BCUT2D eigenvalue weighted by Gasteiger charge is 2.51. The Labute approximate surface area is 311 Å². The van der Waals surface area contributed by atoms with Crippen molar-refractivity contribution in [3.63, 3.8) is 0 Å². The Bertz CT molecular complexity index is 1550. The monoisotopic (exact) mass is 736 g/mol. The number of ketones is 1. The van der Waals surface area contributed by atoms with E-state index in [0.29, 0.717) is 38.1 Å². The fraction of sp³-hybridized carbons (Fsp3) is 0.676. The molecular weight excluding hydrogens is 680 g/mol. The number of hydrogen-bond acceptors (Lipinski definition) is 10. The Kier molecular flexibility index (Phi) is 15.0. The molecule has 5 N–H and O–H groups in total. The molecular formula is C37H56N10O6. The molecule has 0 spiro atoms. The highest BCUT2D eigenvalue weighted by atomic mass is 16.2. The van der Waals surface area contributed by atoms with Crippen LogP contribution in [0.2, 0.25) is 0 Å². The van der Waals surface area contributed by atoms with Crippen LogP contribution in [0.1, 0.15) is 110 Å². The lowest BCUT2D eigenvalue weighted by molar-refractivity contribution is -0.145. The largest absolute Gasteiger partial charge is 0.344 e. The molecule has 5 amide bonds. The molecule has 2 aromatic rings. The summed E-state index contributed by atoms with van der Waals surface area (Å²) in [7, 11) is 0. The normalized spacial score (nSPS) is 20.3. The number of carbonyl (C=O) groups excluding carboxylic acids is 6. The van der Waals surface area contributed by atoms with Crippen LogP contribution in [-0.2, 0) is 35.2 Å². The van der Waals surface area contributed by atoms with Crippen molar-refractivity contribution in [1.82, 2.24) is 51.8 Å². The SMILES string of the molecule is CCCC(NC(=O)[C@@H]1C2CCCC2CN1C(=O)[C@@H](NC(=O)[C@@H](NC(=O)CCCCc1nn[nH]n1)C(C)C)C(C)C)C(=O)C(=O)N[C@@H](C)c1ccncc1. The number of nitrogens with one attached hydrogen (secondary N) is 5. The number of fused-ring (bicyclic) bond motifs is 1. The van der Waals surface area contributed by atoms with Crippen LogP contribution in [0.15, 0.2) is 24.5 Å². The Morgan fingerprint density at radius 2 is 1.62 bits per heavy atom. The van der Waals surface area contributed by atoms with Crippen molar-refractivity contribution in [2.75, 3.05) is 6.54 Å². The van der Waals surface area contributed by atoms with Gasteiger partial charge >= 0.3 is 0 Å². The van der Waals surface area contributed by atoms with Gasteiger partial charge in [-0.25, -0.2) is 0 Å². The highest BCUT2D eigenvalue weighted by molar-refractivity contribution is 6.38. The zero-order valence-electron chi connectivity index (χ0n) is 31.8. The van der Waals surface area contributed by atoms with E-state index in [-0.39, 0.29) is 48.3 Å². The smallest absolute Gasteiger partial charge is 0.290 e. The fourth-order valence-electron chi connectivity index (χ4n) is 7.42. The first kappa shape index (κ1) is 41.0. The molecule has 2 aromatic heterocycles. The summed E-state index contributed by atoms with van der Waals surface area (Å²) in [6.07, 6.45) is 8.56. The average Bonchev–Trinajstić information content (AvgIpc) is 3.89. The van der Waals surface area contributed by atoms with Gasteiger partial charge in [-0.05, 0) is 80.4 Å². The van der Waals surface area contributed by atoms with Crippen molar-refractivity contribution in [3.05, 3.63) is 35.9 Å². The van der Waals surface area contributed by atoms with Gasteiger partial charge in [-0.1, -0.05) is 52.7 Å². The number of aryl methyl sites for hydroxylation is 1. The van der Waals surface area contributed by atoms with Gasteiger partial charge in [0.05, 0.1) is 12.1 Å². The Balaban J connectivity index is 1.42. The number of aromatic amines is 1. The summed E-state index contributed by atoms with van der Waals surface area (Å²) in [6, 6.07) is -0.705. The summed E-state index contributed by atoms with van der Waals surface area (Å²) in [5.41, 5.74) is 0.784. The Morgan fingerprint density at radius 3 is 2.26 bits per heavy atom. The van der Waals surface area contributed by atoms with Gasteiger partial charge < -0.3 is 26.2 Å². The van der Waals surface area contributed by atoms with Gasteiger partial charge in [-0.3, -0.25) is 33.8 Å². The van der Waals surface area contributed by atoms with Crippen LogP contribution in [-0.4, -0.2) is 96.5 Å². The van der Waals surface area contributed by atoms with Crippen molar-refractivity contribution in [3.8, 4) is 0 Å². The summed E-state index contributed by atoms with van der Waals surface area (Å²) in [6.45, 7) is 11.3. The number of aromatic nitrogens is 5. The minimum Gasteiger partial charge on any atom is -0.344 e. The number of tetrazole rings is 1. The van der Waals surface area contributed by atoms with Crippen molar-refractivity contribution in [1.29, 1.82) is 0 Å². The van der Waals surface area contributed by atoms with Crippen molar-refractivity contribution in [2.45, 2.75) is 130 Å². The van der Waals surface area contributed by atoms with Gasteiger partial charge in [-0.2, -0.15) is 5.21 Å². The summed E-state index contributed by atoms with van der Waals surface area (Å²) >= 11 is 0. The summed E-state index contributed by atoms with van der Waals surface area (Å²) in [5.74, 6) is -3.20. The van der Waals surface area contributed by atoms with E-state index in [2.05, 4.69) is 46.9 Å². The van der Waals surface area contributed by atoms with E-state index in [0.717, 1.165) is 24.8 Å². The second-order valence-electron chi connectivity index (χ2n) is 15.0. The molecule has 1 saturated carbocycles. The molecule has 3 unspecified atom stereocenters. The molecule has 0 bridgehead atoms. The Morgan fingerprint density at radius 1 is 0.906 bits per heavy atom. The quantitative estimate of drug-likeness (QED) is 0.104. The topological polar surface area (TPSA) is 221 Å². The van der Waals surface area contributed by atoms with Gasteiger partial charge in [0.15, 0.2) is 5.82 Å². The molecule has 16 heteroatoms. The molecule has 2 aliphatic rings. The van der Waals surface area contributed by atoms with E-state index < -0.39 is 53.7 Å². The van der Waals surface area contributed by atoms with Gasteiger partial charge in [0.2, 0.25) is 29.4 Å². The summed E-state index contributed by atoms with van der Waals surface area (Å²) in [4.78, 5) is 87.1. The summed E-state index contributed by atoms with van der Waals surface area (Å²) < 4.78 is 0. The van der Waals surface area contributed by atoms with Crippen LogP contribution in [0.3, 0.4) is 0 Å². The van der Waals surface area contributed by atoms with Crippen LogP contribution in [0.4, 0.5) is 0 Å². The number of carbonyl (C=O) groups is 6. The van der Waals surface area contributed by atoms with E-state index in [1.165, 1.54) is 0 Å². The zero-order chi connectivity index (χ0) is 38.7.